The highest BCUT2D eigenvalue weighted by Gasteiger charge is 2.70. The van der Waals surface area contributed by atoms with Crippen LogP contribution in [0.3, 0.4) is 0 Å². The smallest absolute Gasteiger partial charge is 0.304 e. The topological polar surface area (TPSA) is 116 Å². The summed E-state index contributed by atoms with van der Waals surface area (Å²) in [6.07, 6.45) is -0.365. The Bertz CT molecular complexity index is 1090. The number of carbonyl (C=O) groups excluding carboxylic acids is 3. The molecule has 0 aliphatic carbocycles. The lowest BCUT2D eigenvalue weighted by molar-refractivity contribution is -0.143. The van der Waals surface area contributed by atoms with Crippen LogP contribution in [-0.4, -0.2) is 39.7 Å². The van der Waals surface area contributed by atoms with E-state index in [0.717, 1.165) is 10.5 Å². The third kappa shape index (κ3) is 2.43. The number of hydrogen-bond donors (Lipinski definition) is 3. The van der Waals surface area contributed by atoms with Crippen molar-refractivity contribution in [1.29, 1.82) is 0 Å². The standard InChI is InChI=1S/C22H19N3O5/c26-16(27)10-15-17-18(20(29)25(19(17)28)11-12-6-2-1-3-7-12)22(24-15)13-8-4-5-9-14(13)23-21(22)30/h1-9,15,17-18,24H,10-11H2,(H,23,30)(H,26,27)/t15-,17-,18+,22-/m0/s1. The molecule has 2 aromatic rings. The molecule has 8 heteroatoms. The minimum atomic E-state index is -1.46. The summed E-state index contributed by atoms with van der Waals surface area (Å²) in [5, 5.41) is 15.3. The second-order valence-corrected chi connectivity index (χ2v) is 7.91. The number of rotatable bonds is 4. The molecule has 8 nitrogen and oxygen atoms in total. The van der Waals surface area contributed by atoms with Crippen molar-refractivity contribution in [3.05, 3.63) is 65.7 Å². The van der Waals surface area contributed by atoms with Gasteiger partial charge >= 0.3 is 5.97 Å². The lowest BCUT2D eigenvalue weighted by atomic mass is 9.76. The van der Waals surface area contributed by atoms with Crippen LogP contribution >= 0.6 is 0 Å². The normalized spacial score (nSPS) is 29.3. The van der Waals surface area contributed by atoms with Gasteiger partial charge in [0.15, 0.2) is 0 Å². The van der Waals surface area contributed by atoms with Gasteiger partial charge in [-0.15, -0.1) is 0 Å². The fraction of sp³-hybridized carbons (Fsp3) is 0.273. The van der Waals surface area contributed by atoms with Gasteiger partial charge in [-0.3, -0.25) is 29.4 Å². The summed E-state index contributed by atoms with van der Waals surface area (Å²) in [7, 11) is 0. The molecule has 2 saturated heterocycles. The second kappa shape index (κ2) is 6.50. The Kier molecular flexibility index (Phi) is 4.01. The van der Waals surface area contributed by atoms with Crippen LogP contribution in [0.1, 0.15) is 17.5 Å². The van der Waals surface area contributed by atoms with Gasteiger partial charge in [-0.25, -0.2) is 0 Å². The Labute approximate surface area is 171 Å². The first kappa shape index (κ1) is 18.5. The van der Waals surface area contributed by atoms with Crippen LogP contribution in [-0.2, 0) is 31.3 Å². The number of hydrogen-bond acceptors (Lipinski definition) is 5. The first-order chi connectivity index (χ1) is 14.4. The average Bonchev–Trinajstić information content (AvgIpc) is 3.29. The summed E-state index contributed by atoms with van der Waals surface area (Å²) in [6, 6.07) is 15.3. The summed E-state index contributed by atoms with van der Waals surface area (Å²) in [4.78, 5) is 52.6. The molecule has 2 aromatic carbocycles. The molecule has 0 unspecified atom stereocenters. The molecule has 152 valence electrons. The number of carboxylic acids is 1. The van der Waals surface area contributed by atoms with Crippen LogP contribution in [0.4, 0.5) is 5.69 Å². The number of imide groups is 1. The van der Waals surface area contributed by atoms with Gasteiger partial charge in [-0.05, 0) is 11.6 Å². The van der Waals surface area contributed by atoms with E-state index in [9.17, 15) is 24.3 Å². The Morgan fingerprint density at radius 2 is 1.70 bits per heavy atom. The van der Waals surface area contributed by atoms with E-state index in [2.05, 4.69) is 10.6 Å². The Morgan fingerprint density at radius 3 is 2.43 bits per heavy atom. The molecule has 30 heavy (non-hydrogen) atoms. The van der Waals surface area contributed by atoms with Gasteiger partial charge < -0.3 is 10.4 Å². The van der Waals surface area contributed by atoms with E-state index in [0.29, 0.717) is 11.3 Å². The summed E-state index contributed by atoms with van der Waals surface area (Å²) in [5.41, 5.74) is 0.457. The Morgan fingerprint density at radius 1 is 1.00 bits per heavy atom. The molecular formula is C22H19N3O5. The zero-order chi connectivity index (χ0) is 21.0. The number of amides is 3. The van der Waals surface area contributed by atoms with Crippen LogP contribution < -0.4 is 10.6 Å². The minimum Gasteiger partial charge on any atom is -0.481 e. The van der Waals surface area contributed by atoms with E-state index in [1.165, 1.54) is 0 Å². The molecule has 0 radical (unpaired) electrons. The van der Waals surface area contributed by atoms with Gasteiger partial charge in [-0.1, -0.05) is 48.5 Å². The largest absolute Gasteiger partial charge is 0.481 e. The maximum atomic E-state index is 13.5. The lowest BCUT2D eigenvalue weighted by Crippen LogP contribution is -2.53. The number of carbonyl (C=O) groups is 4. The molecule has 3 aliphatic heterocycles. The zero-order valence-corrected chi connectivity index (χ0v) is 15.9. The SMILES string of the molecule is O=C(O)C[C@@H]1N[C@]2(C(=O)Nc3ccccc32)[C@H]2C(=O)N(Cc3ccccc3)C(=O)[C@@H]12. The molecule has 1 spiro atoms. The van der Waals surface area contributed by atoms with Crippen molar-refractivity contribution in [1.82, 2.24) is 10.2 Å². The van der Waals surface area contributed by atoms with Crippen molar-refractivity contribution < 1.29 is 24.3 Å². The molecule has 3 amide bonds. The van der Waals surface area contributed by atoms with Crippen LogP contribution in [0.2, 0.25) is 0 Å². The van der Waals surface area contributed by atoms with Crippen molar-refractivity contribution in [3.63, 3.8) is 0 Å². The summed E-state index contributed by atoms with van der Waals surface area (Å²) < 4.78 is 0. The fourth-order valence-corrected chi connectivity index (χ4v) is 5.10. The number of fused-ring (bicyclic) bond motifs is 4. The van der Waals surface area contributed by atoms with E-state index in [1.54, 1.807) is 24.3 Å². The molecule has 5 rings (SSSR count). The quantitative estimate of drug-likeness (QED) is 0.656. The maximum Gasteiger partial charge on any atom is 0.304 e. The number of benzene rings is 2. The van der Waals surface area contributed by atoms with E-state index in [4.69, 9.17) is 0 Å². The highest BCUT2D eigenvalue weighted by atomic mass is 16.4. The number of carboxylic acid groups (broad SMARTS) is 1. The first-order valence-electron chi connectivity index (χ1n) is 9.73. The maximum absolute atomic E-state index is 13.5. The molecule has 3 N–H and O–H groups in total. The Balaban J connectivity index is 1.61. The predicted molar refractivity (Wildman–Crippen MR) is 105 cm³/mol. The number of anilines is 1. The summed E-state index contributed by atoms with van der Waals surface area (Å²) >= 11 is 0. The monoisotopic (exact) mass is 405 g/mol. The number of para-hydroxylation sites is 1. The summed E-state index contributed by atoms with van der Waals surface area (Å²) in [6.45, 7) is 0.0879. The van der Waals surface area contributed by atoms with Gasteiger partial charge in [0.2, 0.25) is 17.7 Å². The van der Waals surface area contributed by atoms with E-state index in [1.807, 2.05) is 30.3 Å². The molecule has 3 aliphatic rings. The third-order valence-electron chi connectivity index (χ3n) is 6.29. The van der Waals surface area contributed by atoms with Crippen molar-refractivity contribution in [2.45, 2.75) is 24.5 Å². The Hall–Kier alpha value is -3.52. The molecule has 0 aromatic heterocycles. The van der Waals surface area contributed by atoms with Gasteiger partial charge in [0.05, 0.1) is 24.8 Å². The molecule has 0 saturated carbocycles. The predicted octanol–water partition coefficient (Wildman–Crippen LogP) is 1.08. The van der Waals surface area contributed by atoms with Crippen LogP contribution in [0.25, 0.3) is 0 Å². The van der Waals surface area contributed by atoms with Gasteiger partial charge in [-0.2, -0.15) is 0 Å². The first-order valence-corrected chi connectivity index (χ1v) is 9.73. The molecular weight excluding hydrogens is 386 g/mol. The van der Waals surface area contributed by atoms with Crippen molar-refractivity contribution in [2.75, 3.05) is 5.32 Å². The van der Waals surface area contributed by atoms with Crippen LogP contribution in [0.15, 0.2) is 54.6 Å². The average molecular weight is 405 g/mol. The molecule has 2 fully saturated rings. The van der Waals surface area contributed by atoms with Gasteiger partial charge in [0, 0.05) is 17.3 Å². The van der Waals surface area contributed by atoms with Crippen molar-refractivity contribution in [3.8, 4) is 0 Å². The van der Waals surface area contributed by atoms with Gasteiger partial charge in [0.25, 0.3) is 0 Å². The third-order valence-corrected chi connectivity index (χ3v) is 6.29. The van der Waals surface area contributed by atoms with Gasteiger partial charge in [0.1, 0.15) is 5.54 Å². The number of nitrogens with zero attached hydrogens (tertiary/aromatic N) is 1. The summed E-state index contributed by atoms with van der Waals surface area (Å²) in [5.74, 6) is -4.36. The van der Waals surface area contributed by atoms with E-state index in [-0.39, 0.29) is 13.0 Å². The lowest BCUT2D eigenvalue weighted by Gasteiger charge is -2.29. The number of aliphatic carboxylic acids is 1. The highest BCUT2D eigenvalue weighted by Crippen LogP contribution is 2.53. The number of likely N-dealkylation sites (tertiary alicyclic amines) is 1. The van der Waals surface area contributed by atoms with E-state index < -0.39 is 47.1 Å². The highest BCUT2D eigenvalue weighted by molar-refractivity contribution is 6.15. The minimum absolute atomic E-state index is 0.0879. The van der Waals surface area contributed by atoms with Crippen LogP contribution in [0.5, 0.6) is 0 Å². The van der Waals surface area contributed by atoms with E-state index >= 15 is 0 Å². The molecule has 4 atom stereocenters. The van der Waals surface area contributed by atoms with Crippen molar-refractivity contribution >= 4 is 29.4 Å². The molecule has 0 bridgehead atoms. The fourth-order valence-electron chi connectivity index (χ4n) is 5.10. The van der Waals surface area contributed by atoms with Crippen molar-refractivity contribution in [2.24, 2.45) is 11.8 Å². The second-order valence-electron chi connectivity index (χ2n) is 7.91. The molecule has 3 heterocycles. The van der Waals surface area contributed by atoms with Crippen LogP contribution in [0, 0.1) is 11.8 Å². The zero-order valence-electron chi connectivity index (χ0n) is 15.9. The number of nitrogens with one attached hydrogen (secondary N) is 2.